The molecule has 1 unspecified atom stereocenters. The van der Waals surface area contributed by atoms with Gasteiger partial charge < -0.3 is 9.47 Å². The molecule has 3 rings (SSSR count). The average Bonchev–Trinajstić information content (AvgIpc) is 3.02. The fourth-order valence-corrected chi connectivity index (χ4v) is 6.44. The summed E-state index contributed by atoms with van der Waals surface area (Å²) >= 11 is 4.73. The molecule has 0 bridgehead atoms. The Hall–Kier alpha value is -1.22. The number of hydrogen-bond acceptors (Lipinski definition) is 7. The maximum absolute atomic E-state index is 13.2. The van der Waals surface area contributed by atoms with Crippen LogP contribution in [0.25, 0.3) is 9.81 Å². The minimum Gasteiger partial charge on any atom is -0.378 e. The van der Waals surface area contributed by atoms with E-state index in [2.05, 4.69) is 87.2 Å². The Balaban J connectivity index is 1.85. The maximum atomic E-state index is 13.2. The minimum absolute atomic E-state index is 0.167. The third-order valence-corrected chi connectivity index (χ3v) is 8.67. The van der Waals surface area contributed by atoms with Gasteiger partial charge in [0.1, 0.15) is 0 Å². The second-order valence-electron chi connectivity index (χ2n) is 9.37. The highest BCUT2D eigenvalue weighted by Gasteiger charge is 2.28. The first kappa shape index (κ1) is 29.3. The fourth-order valence-electron chi connectivity index (χ4n) is 3.71. The normalized spacial score (nSPS) is 16.8. The lowest BCUT2D eigenvalue weighted by Crippen LogP contribution is -2.30. The summed E-state index contributed by atoms with van der Waals surface area (Å²) in [4.78, 5) is 15.3. The van der Waals surface area contributed by atoms with Crippen LogP contribution in [0.4, 0.5) is 0 Å². The van der Waals surface area contributed by atoms with E-state index in [-0.39, 0.29) is 23.4 Å². The van der Waals surface area contributed by atoms with Crippen LogP contribution in [0.2, 0.25) is 0 Å². The summed E-state index contributed by atoms with van der Waals surface area (Å²) in [5.74, 6) is 0.954. The van der Waals surface area contributed by atoms with Gasteiger partial charge in [0.2, 0.25) is 5.12 Å². The first-order valence-corrected chi connectivity index (χ1v) is 15.7. The zero-order chi connectivity index (χ0) is 25.9. The van der Waals surface area contributed by atoms with Crippen molar-refractivity contribution in [1.29, 1.82) is 0 Å². The second-order valence-corrected chi connectivity index (χ2v) is 12.2. The van der Waals surface area contributed by atoms with Crippen LogP contribution in [0.1, 0.15) is 56.4 Å². The SMILES string of the molecule is CSCCC1NSC(c2ccc(CCOC(C)C)cc2)=C(c2ccc(CCOC(C)C)cc2)SC1=O. The van der Waals surface area contributed by atoms with Crippen LogP contribution >= 0.6 is 35.5 Å². The maximum Gasteiger partial charge on any atom is 0.211 e. The van der Waals surface area contributed by atoms with Gasteiger partial charge in [0.15, 0.2) is 0 Å². The van der Waals surface area contributed by atoms with Crippen LogP contribution in [-0.4, -0.2) is 48.6 Å². The summed E-state index contributed by atoms with van der Waals surface area (Å²) in [6.45, 7) is 9.67. The highest BCUT2D eigenvalue weighted by molar-refractivity contribution is 8.23. The highest BCUT2D eigenvalue weighted by Crippen LogP contribution is 2.44. The van der Waals surface area contributed by atoms with Crippen molar-refractivity contribution in [3.63, 3.8) is 0 Å². The summed E-state index contributed by atoms with van der Waals surface area (Å²) in [5, 5.41) is 0.179. The van der Waals surface area contributed by atoms with E-state index in [4.69, 9.17) is 9.47 Å². The molecule has 1 heterocycles. The molecule has 2 aromatic rings. The Morgan fingerprint density at radius 1 is 0.833 bits per heavy atom. The molecule has 1 atom stereocenters. The quantitative estimate of drug-likeness (QED) is 0.270. The number of benzene rings is 2. The van der Waals surface area contributed by atoms with Crippen molar-refractivity contribution in [1.82, 2.24) is 4.72 Å². The topological polar surface area (TPSA) is 47.6 Å². The first-order valence-electron chi connectivity index (χ1n) is 12.7. The molecule has 0 saturated carbocycles. The Labute approximate surface area is 229 Å². The summed E-state index contributed by atoms with van der Waals surface area (Å²) in [6, 6.07) is 17.1. The number of rotatable bonds is 13. The van der Waals surface area contributed by atoms with Crippen molar-refractivity contribution in [3.05, 3.63) is 70.8 Å². The average molecular weight is 546 g/mol. The van der Waals surface area contributed by atoms with Crippen molar-refractivity contribution in [2.45, 2.75) is 65.2 Å². The molecule has 4 nitrogen and oxygen atoms in total. The number of thioether (sulfide) groups is 2. The molecule has 2 aromatic carbocycles. The lowest BCUT2D eigenvalue weighted by molar-refractivity contribution is -0.112. The molecule has 36 heavy (non-hydrogen) atoms. The van der Waals surface area contributed by atoms with E-state index in [9.17, 15) is 4.79 Å². The molecule has 0 aromatic heterocycles. The number of carbonyl (C=O) groups excluding carboxylic acids is 1. The van der Waals surface area contributed by atoms with E-state index < -0.39 is 0 Å². The monoisotopic (exact) mass is 545 g/mol. The summed E-state index contributed by atoms with van der Waals surface area (Å²) < 4.78 is 14.9. The molecule has 0 fully saturated rings. The summed E-state index contributed by atoms with van der Waals surface area (Å²) in [5.41, 5.74) is 4.69. The molecule has 0 aliphatic carbocycles. The third-order valence-electron chi connectivity index (χ3n) is 5.72. The molecule has 0 saturated heterocycles. The van der Waals surface area contributed by atoms with Gasteiger partial charge in [-0.1, -0.05) is 48.5 Å². The molecule has 7 heteroatoms. The zero-order valence-corrected chi connectivity index (χ0v) is 24.5. The van der Waals surface area contributed by atoms with Crippen LogP contribution < -0.4 is 4.72 Å². The number of hydrogen-bond donors (Lipinski definition) is 1. The van der Waals surface area contributed by atoms with E-state index in [0.717, 1.165) is 52.6 Å². The number of ether oxygens (including phenoxy) is 2. The lowest BCUT2D eigenvalue weighted by Gasteiger charge is -2.14. The molecule has 1 aliphatic rings. The van der Waals surface area contributed by atoms with Gasteiger partial charge in [-0.3, -0.25) is 4.79 Å². The van der Waals surface area contributed by atoms with E-state index in [1.54, 1.807) is 23.7 Å². The van der Waals surface area contributed by atoms with Crippen LogP contribution in [0.3, 0.4) is 0 Å². The van der Waals surface area contributed by atoms with Crippen LogP contribution in [0, 0.1) is 0 Å². The van der Waals surface area contributed by atoms with Gasteiger partial charge in [-0.2, -0.15) is 11.8 Å². The predicted molar refractivity (Wildman–Crippen MR) is 159 cm³/mol. The minimum atomic E-state index is -0.167. The van der Waals surface area contributed by atoms with Gasteiger partial charge in [-0.25, -0.2) is 4.72 Å². The molecular weight excluding hydrogens is 507 g/mol. The third kappa shape index (κ3) is 9.26. The predicted octanol–water partition coefficient (Wildman–Crippen LogP) is 7.08. The lowest BCUT2D eigenvalue weighted by atomic mass is 10.1. The van der Waals surface area contributed by atoms with Crippen molar-refractivity contribution < 1.29 is 14.3 Å². The Morgan fingerprint density at radius 2 is 1.33 bits per heavy atom. The Morgan fingerprint density at radius 3 is 1.81 bits per heavy atom. The van der Waals surface area contributed by atoms with Gasteiger partial charge in [-0.05, 0) is 105 Å². The Bertz CT molecular complexity index is 988. The molecule has 0 radical (unpaired) electrons. The molecule has 1 N–H and O–H groups in total. The van der Waals surface area contributed by atoms with Crippen LogP contribution in [-0.2, 0) is 27.1 Å². The van der Waals surface area contributed by atoms with Gasteiger partial charge in [-0.15, -0.1) is 0 Å². The molecular formula is C29H39NO3S3. The van der Waals surface area contributed by atoms with Crippen LogP contribution in [0.5, 0.6) is 0 Å². The van der Waals surface area contributed by atoms with Gasteiger partial charge in [0, 0.05) is 9.81 Å². The standard InChI is InChI=1S/C29H39NO3S3/c1-20(2)32-17-14-22-6-10-24(11-7-22)27-28(36-30-26(16-19-34-5)29(31)35-27)25-12-8-23(9-13-25)15-18-33-21(3)4/h6-13,20-21,26,30H,14-19H2,1-5H3. The van der Waals surface area contributed by atoms with Crippen molar-refractivity contribution in [2.24, 2.45) is 0 Å². The van der Waals surface area contributed by atoms with Crippen molar-refractivity contribution >= 4 is 50.4 Å². The van der Waals surface area contributed by atoms with E-state index >= 15 is 0 Å². The Kier molecular flexibility index (Phi) is 12.4. The first-order chi connectivity index (χ1) is 17.4. The van der Waals surface area contributed by atoms with E-state index in [1.807, 2.05) is 0 Å². The smallest absolute Gasteiger partial charge is 0.211 e. The van der Waals surface area contributed by atoms with E-state index in [1.165, 1.54) is 22.9 Å². The molecule has 0 amide bonds. The summed E-state index contributed by atoms with van der Waals surface area (Å²) in [7, 11) is 0. The van der Waals surface area contributed by atoms with Gasteiger partial charge >= 0.3 is 0 Å². The number of carbonyl (C=O) groups is 1. The van der Waals surface area contributed by atoms with Crippen LogP contribution in [0.15, 0.2) is 48.5 Å². The van der Waals surface area contributed by atoms with Crippen molar-refractivity contribution in [2.75, 3.05) is 25.2 Å². The second kappa shape index (κ2) is 15.3. The summed E-state index contributed by atoms with van der Waals surface area (Å²) in [6.07, 6.45) is 5.16. The fraction of sp³-hybridized carbons (Fsp3) is 0.483. The highest BCUT2D eigenvalue weighted by atomic mass is 32.2. The molecule has 196 valence electrons. The van der Waals surface area contributed by atoms with Gasteiger partial charge in [0.05, 0.1) is 31.5 Å². The van der Waals surface area contributed by atoms with Gasteiger partial charge in [0.25, 0.3) is 0 Å². The van der Waals surface area contributed by atoms with E-state index in [0.29, 0.717) is 6.61 Å². The largest absolute Gasteiger partial charge is 0.378 e. The zero-order valence-electron chi connectivity index (χ0n) is 22.0. The molecule has 1 aliphatic heterocycles. The van der Waals surface area contributed by atoms with Crippen molar-refractivity contribution in [3.8, 4) is 0 Å². The number of nitrogens with one attached hydrogen (secondary N) is 1. The molecule has 0 spiro atoms.